The summed E-state index contributed by atoms with van der Waals surface area (Å²) in [5.41, 5.74) is 0.678. The normalized spacial score (nSPS) is 10.2. The number of fused-ring (bicyclic) bond motifs is 1. The number of para-hydroxylation sites is 1. The van der Waals surface area contributed by atoms with Gasteiger partial charge < -0.3 is 9.15 Å². The first-order chi connectivity index (χ1) is 10.8. The van der Waals surface area contributed by atoms with E-state index in [2.05, 4.69) is 4.99 Å². The van der Waals surface area contributed by atoms with Crippen molar-refractivity contribution in [1.82, 2.24) is 0 Å². The number of hydrogen-bond donors (Lipinski definition) is 0. The van der Waals surface area contributed by atoms with Gasteiger partial charge in [0.1, 0.15) is 12.2 Å². The number of ether oxygens (including phenoxy) is 1. The van der Waals surface area contributed by atoms with Crippen LogP contribution in [0.2, 0.25) is 0 Å². The van der Waals surface area contributed by atoms with Crippen molar-refractivity contribution in [2.45, 2.75) is 6.61 Å². The standard InChI is InChI=1S/C17H11NO4/c19-11-18-15-16(20)13-8-4-5-9-14(13)22-17(15)21-10-12-6-2-1-3-7-12/h1-9H,10H2. The van der Waals surface area contributed by atoms with Gasteiger partial charge in [0.25, 0.3) is 0 Å². The molecule has 5 heteroatoms. The van der Waals surface area contributed by atoms with E-state index in [1.165, 1.54) is 6.08 Å². The van der Waals surface area contributed by atoms with Crippen LogP contribution < -0.4 is 10.2 Å². The van der Waals surface area contributed by atoms with Gasteiger partial charge in [-0.1, -0.05) is 42.5 Å². The summed E-state index contributed by atoms with van der Waals surface area (Å²) in [5, 5.41) is 0.337. The molecule has 22 heavy (non-hydrogen) atoms. The van der Waals surface area contributed by atoms with E-state index in [0.717, 1.165) is 5.56 Å². The molecule has 1 heterocycles. The van der Waals surface area contributed by atoms with Crippen molar-refractivity contribution < 1.29 is 13.9 Å². The van der Waals surface area contributed by atoms with E-state index >= 15 is 0 Å². The highest BCUT2D eigenvalue weighted by Gasteiger charge is 2.15. The highest BCUT2D eigenvalue weighted by Crippen LogP contribution is 2.28. The summed E-state index contributed by atoms with van der Waals surface area (Å²) >= 11 is 0. The number of rotatable bonds is 4. The van der Waals surface area contributed by atoms with Crippen LogP contribution in [0, 0.1) is 0 Å². The molecule has 0 amide bonds. The lowest BCUT2D eigenvalue weighted by Gasteiger charge is -2.08. The molecule has 0 N–H and O–H groups in total. The van der Waals surface area contributed by atoms with E-state index in [1.807, 2.05) is 30.3 Å². The number of benzene rings is 2. The molecule has 0 bridgehead atoms. The molecule has 0 aliphatic carbocycles. The van der Waals surface area contributed by atoms with Crippen LogP contribution in [0.1, 0.15) is 5.56 Å². The molecule has 1 aromatic heterocycles. The van der Waals surface area contributed by atoms with Crippen LogP contribution in [0.25, 0.3) is 11.0 Å². The van der Waals surface area contributed by atoms with E-state index < -0.39 is 5.43 Å². The highest BCUT2D eigenvalue weighted by atomic mass is 16.6. The van der Waals surface area contributed by atoms with Crippen molar-refractivity contribution in [3.63, 3.8) is 0 Å². The Labute approximate surface area is 125 Å². The fraction of sp³-hybridized carbons (Fsp3) is 0.0588. The molecule has 0 spiro atoms. The number of nitrogens with zero attached hydrogens (tertiary/aromatic N) is 1. The van der Waals surface area contributed by atoms with Crippen molar-refractivity contribution >= 4 is 22.7 Å². The zero-order valence-corrected chi connectivity index (χ0v) is 11.5. The summed E-state index contributed by atoms with van der Waals surface area (Å²) in [5.74, 6) is -0.0871. The quantitative estimate of drug-likeness (QED) is 0.546. The monoisotopic (exact) mass is 293 g/mol. The van der Waals surface area contributed by atoms with Gasteiger partial charge in [0.05, 0.1) is 5.39 Å². The first kappa shape index (κ1) is 13.8. The number of isocyanates is 1. The minimum Gasteiger partial charge on any atom is -0.459 e. The van der Waals surface area contributed by atoms with E-state index in [4.69, 9.17) is 9.15 Å². The first-order valence-corrected chi connectivity index (χ1v) is 6.60. The molecule has 0 unspecified atom stereocenters. The van der Waals surface area contributed by atoms with Gasteiger partial charge in [0, 0.05) is 0 Å². The zero-order chi connectivity index (χ0) is 15.4. The maximum absolute atomic E-state index is 12.3. The fourth-order valence-electron chi connectivity index (χ4n) is 2.07. The molecule has 0 saturated heterocycles. The molecular formula is C17H11NO4. The molecule has 0 fully saturated rings. The summed E-state index contributed by atoms with van der Waals surface area (Å²) < 4.78 is 11.1. The Morgan fingerprint density at radius 2 is 1.77 bits per heavy atom. The second kappa shape index (κ2) is 6.08. The topological polar surface area (TPSA) is 68.9 Å². The van der Waals surface area contributed by atoms with Gasteiger partial charge in [-0.2, -0.15) is 4.99 Å². The van der Waals surface area contributed by atoms with E-state index in [-0.39, 0.29) is 18.2 Å². The van der Waals surface area contributed by atoms with Gasteiger partial charge in [-0.15, -0.1) is 0 Å². The van der Waals surface area contributed by atoms with Gasteiger partial charge in [-0.3, -0.25) is 4.79 Å². The van der Waals surface area contributed by atoms with E-state index in [9.17, 15) is 9.59 Å². The Kier molecular flexibility index (Phi) is 3.81. The molecule has 3 aromatic rings. The SMILES string of the molecule is O=C=Nc1c(OCc2ccccc2)oc2ccccc2c1=O. The Bertz CT molecular complexity index is 909. The van der Waals surface area contributed by atoms with Crippen molar-refractivity contribution in [3.8, 4) is 5.95 Å². The molecule has 5 nitrogen and oxygen atoms in total. The van der Waals surface area contributed by atoms with Crippen LogP contribution in [-0.4, -0.2) is 6.08 Å². The van der Waals surface area contributed by atoms with Gasteiger partial charge in [0.2, 0.25) is 17.2 Å². The van der Waals surface area contributed by atoms with Crippen molar-refractivity contribution in [2.24, 2.45) is 4.99 Å². The van der Waals surface area contributed by atoms with Crippen molar-refractivity contribution in [1.29, 1.82) is 0 Å². The number of hydrogen-bond acceptors (Lipinski definition) is 5. The van der Waals surface area contributed by atoms with Crippen LogP contribution in [0.5, 0.6) is 5.95 Å². The minimum absolute atomic E-state index is 0.0871. The second-order valence-electron chi connectivity index (χ2n) is 4.54. The highest BCUT2D eigenvalue weighted by molar-refractivity contribution is 5.80. The summed E-state index contributed by atoms with van der Waals surface area (Å²) in [6.07, 6.45) is 1.36. The average Bonchev–Trinajstić information content (AvgIpc) is 2.57. The summed E-state index contributed by atoms with van der Waals surface area (Å²) in [6, 6.07) is 16.1. The predicted molar refractivity (Wildman–Crippen MR) is 81.0 cm³/mol. The van der Waals surface area contributed by atoms with Crippen molar-refractivity contribution in [2.75, 3.05) is 0 Å². The van der Waals surface area contributed by atoms with Crippen molar-refractivity contribution in [3.05, 3.63) is 70.4 Å². The molecule has 3 rings (SSSR count). The zero-order valence-electron chi connectivity index (χ0n) is 11.5. The van der Waals surface area contributed by atoms with Gasteiger partial charge in [-0.05, 0) is 17.7 Å². The number of aliphatic imine (C=N–C) groups is 1. The Morgan fingerprint density at radius 3 is 2.55 bits per heavy atom. The van der Waals surface area contributed by atoms with Crippen LogP contribution in [-0.2, 0) is 11.4 Å². The predicted octanol–water partition coefficient (Wildman–Crippen LogP) is 3.34. The van der Waals surface area contributed by atoms with E-state index in [0.29, 0.717) is 11.0 Å². The molecule has 0 atom stereocenters. The summed E-state index contributed by atoms with van der Waals surface area (Å²) in [4.78, 5) is 26.3. The molecule has 2 aromatic carbocycles. The van der Waals surface area contributed by atoms with Gasteiger partial charge >= 0.3 is 5.95 Å². The van der Waals surface area contributed by atoms with Gasteiger partial charge in [0.15, 0.2) is 0 Å². The largest absolute Gasteiger partial charge is 0.459 e. The first-order valence-electron chi connectivity index (χ1n) is 6.60. The minimum atomic E-state index is -0.423. The summed E-state index contributed by atoms with van der Waals surface area (Å²) in [7, 11) is 0. The number of carbonyl (C=O) groups excluding carboxylic acids is 1. The molecule has 0 aliphatic heterocycles. The average molecular weight is 293 g/mol. The molecule has 0 aliphatic rings. The van der Waals surface area contributed by atoms with E-state index in [1.54, 1.807) is 24.3 Å². The van der Waals surface area contributed by atoms with Crippen LogP contribution >= 0.6 is 0 Å². The lowest BCUT2D eigenvalue weighted by atomic mass is 10.2. The van der Waals surface area contributed by atoms with Crippen LogP contribution in [0.3, 0.4) is 0 Å². The molecule has 108 valence electrons. The lowest BCUT2D eigenvalue weighted by Crippen LogP contribution is -2.05. The van der Waals surface area contributed by atoms with Gasteiger partial charge in [-0.25, -0.2) is 4.79 Å². The second-order valence-corrected chi connectivity index (χ2v) is 4.54. The van der Waals surface area contributed by atoms with Crippen LogP contribution in [0.4, 0.5) is 5.69 Å². The Hall–Kier alpha value is -3.17. The van der Waals surface area contributed by atoms with Crippen LogP contribution in [0.15, 0.2) is 68.8 Å². The molecule has 0 radical (unpaired) electrons. The maximum Gasteiger partial charge on any atom is 0.317 e. The molecular weight excluding hydrogens is 282 g/mol. The third kappa shape index (κ3) is 2.66. The smallest absolute Gasteiger partial charge is 0.317 e. The fourth-order valence-corrected chi connectivity index (χ4v) is 2.07. The lowest BCUT2D eigenvalue weighted by molar-refractivity contribution is 0.237. The maximum atomic E-state index is 12.3. The Balaban J connectivity index is 2.05. The third-order valence-corrected chi connectivity index (χ3v) is 3.11. The summed E-state index contributed by atoms with van der Waals surface area (Å²) in [6.45, 7) is 0.198. The molecule has 0 saturated carbocycles. The Morgan fingerprint density at radius 1 is 1.05 bits per heavy atom. The third-order valence-electron chi connectivity index (χ3n) is 3.11.